The van der Waals surface area contributed by atoms with E-state index in [9.17, 15) is 9.90 Å². The molecule has 142 valence electrons. The number of aliphatic hydroxyl groups is 1. The largest absolute Gasteiger partial charge is 0.472 e. The van der Waals surface area contributed by atoms with Crippen LogP contribution in [0.2, 0.25) is 0 Å². The number of nitrogens with zero attached hydrogens (tertiary/aromatic N) is 3. The molecule has 2 aromatic rings. The van der Waals surface area contributed by atoms with Gasteiger partial charge >= 0.3 is 0 Å². The number of piperazine rings is 1. The molecule has 7 nitrogen and oxygen atoms in total. The van der Waals surface area contributed by atoms with Gasteiger partial charge in [0, 0.05) is 44.4 Å². The molecule has 1 aliphatic rings. The predicted molar refractivity (Wildman–Crippen MR) is 96.6 cm³/mol. The van der Waals surface area contributed by atoms with E-state index in [0.717, 1.165) is 24.4 Å². The minimum atomic E-state index is -0.0825. The fourth-order valence-corrected chi connectivity index (χ4v) is 3.37. The Balaban J connectivity index is 1.64. The van der Waals surface area contributed by atoms with Crippen LogP contribution >= 0.6 is 0 Å². The van der Waals surface area contributed by atoms with Gasteiger partial charge < -0.3 is 23.7 Å². The number of aliphatic hydroxyl groups excluding tert-OH is 1. The summed E-state index contributed by atoms with van der Waals surface area (Å²) in [6.45, 7) is 3.51. The molecule has 0 aliphatic carbocycles. The highest BCUT2D eigenvalue weighted by Crippen LogP contribution is 2.20. The highest BCUT2D eigenvalue weighted by molar-refractivity contribution is 5.91. The molecule has 0 bridgehead atoms. The third kappa shape index (κ3) is 4.55. The highest BCUT2D eigenvalue weighted by atomic mass is 16.4. The van der Waals surface area contributed by atoms with Gasteiger partial charge in [0.25, 0.3) is 5.91 Å². The molecule has 7 heteroatoms. The number of rotatable bonds is 7. The average Bonchev–Trinajstić information content (AvgIpc) is 3.27. The topological polar surface area (TPSA) is 73.3 Å². The van der Waals surface area contributed by atoms with Gasteiger partial charge in [-0.15, -0.1) is 0 Å². The van der Waals surface area contributed by atoms with Crippen LogP contribution in [-0.2, 0) is 13.1 Å². The third-order valence-electron chi connectivity index (χ3n) is 4.66. The van der Waals surface area contributed by atoms with Crippen molar-refractivity contribution in [1.82, 2.24) is 14.7 Å². The van der Waals surface area contributed by atoms with Gasteiger partial charge in [-0.25, -0.2) is 0 Å². The Bertz CT molecular complexity index is 695. The van der Waals surface area contributed by atoms with Crippen LogP contribution in [-0.4, -0.2) is 72.1 Å². The summed E-state index contributed by atoms with van der Waals surface area (Å²) in [4.78, 5) is 18.9. The molecule has 0 unspecified atom stereocenters. The van der Waals surface area contributed by atoms with E-state index in [-0.39, 0.29) is 18.6 Å². The monoisotopic (exact) mass is 361 g/mol. The Kier molecular flexibility index (Phi) is 6.13. The molecule has 1 amide bonds. The smallest absolute Gasteiger partial charge is 0.289 e. The van der Waals surface area contributed by atoms with E-state index in [2.05, 4.69) is 4.90 Å². The van der Waals surface area contributed by atoms with E-state index in [4.69, 9.17) is 8.83 Å². The predicted octanol–water partition coefficient (Wildman–Crippen LogP) is 1.64. The van der Waals surface area contributed by atoms with Gasteiger partial charge in [0.2, 0.25) is 0 Å². The summed E-state index contributed by atoms with van der Waals surface area (Å²) >= 11 is 0. The van der Waals surface area contributed by atoms with Crippen LogP contribution in [0.25, 0.3) is 0 Å². The molecule has 1 fully saturated rings. The minimum absolute atomic E-state index is 0.0825. The summed E-state index contributed by atoms with van der Waals surface area (Å²) in [6, 6.07) is 5.67. The highest BCUT2D eigenvalue weighted by Gasteiger charge is 2.31. The normalized spacial score (nSPS) is 18.6. The van der Waals surface area contributed by atoms with E-state index >= 15 is 0 Å². The van der Waals surface area contributed by atoms with Gasteiger partial charge in [-0.3, -0.25) is 9.69 Å². The maximum absolute atomic E-state index is 12.8. The molecule has 2 aromatic heterocycles. The molecule has 0 aromatic carbocycles. The van der Waals surface area contributed by atoms with Gasteiger partial charge in [-0.1, -0.05) is 0 Å². The van der Waals surface area contributed by atoms with Gasteiger partial charge in [-0.05, 0) is 38.7 Å². The Morgan fingerprint density at radius 3 is 2.85 bits per heavy atom. The molecule has 3 heterocycles. The molecule has 0 radical (unpaired) electrons. The second-order valence-corrected chi connectivity index (χ2v) is 7.02. The van der Waals surface area contributed by atoms with Crippen LogP contribution in [0.4, 0.5) is 0 Å². The molecule has 3 rings (SSSR count). The van der Waals surface area contributed by atoms with Crippen molar-refractivity contribution in [2.24, 2.45) is 0 Å². The summed E-state index contributed by atoms with van der Waals surface area (Å²) in [7, 11) is 3.92. The number of carbonyl (C=O) groups excluding carboxylic acids is 1. The summed E-state index contributed by atoms with van der Waals surface area (Å²) in [5.41, 5.74) is 1.10. The molecule has 0 saturated carbocycles. The molecule has 0 spiro atoms. The number of hydrogen-bond acceptors (Lipinski definition) is 6. The van der Waals surface area contributed by atoms with Gasteiger partial charge in [0.05, 0.1) is 19.1 Å². The zero-order chi connectivity index (χ0) is 18.5. The zero-order valence-electron chi connectivity index (χ0n) is 15.4. The summed E-state index contributed by atoms with van der Waals surface area (Å²) in [6.07, 6.45) is 4.03. The fraction of sp³-hybridized carbons (Fsp3) is 0.526. The standard InChI is InChI=1S/C19H27N3O4/c1-20(2)13-17-3-4-18(26-17)19(24)22-8-7-21(16(12-22)5-9-23)11-15-6-10-25-14-15/h3-4,6,10,14,16,23H,5,7-9,11-13H2,1-2H3/t16-/m1/s1. The van der Waals surface area contributed by atoms with E-state index in [1.54, 1.807) is 18.6 Å². The Morgan fingerprint density at radius 2 is 2.15 bits per heavy atom. The lowest BCUT2D eigenvalue weighted by atomic mass is 10.1. The van der Waals surface area contributed by atoms with Gasteiger partial charge in [0.15, 0.2) is 5.76 Å². The molecular formula is C19H27N3O4. The first-order valence-corrected chi connectivity index (χ1v) is 8.95. The number of carbonyl (C=O) groups is 1. The van der Waals surface area contributed by atoms with Crippen molar-refractivity contribution in [3.63, 3.8) is 0 Å². The zero-order valence-corrected chi connectivity index (χ0v) is 15.4. The quantitative estimate of drug-likeness (QED) is 0.808. The van der Waals surface area contributed by atoms with E-state index in [1.807, 2.05) is 36.0 Å². The summed E-state index contributed by atoms with van der Waals surface area (Å²) < 4.78 is 10.9. The van der Waals surface area contributed by atoms with Crippen LogP contribution in [0, 0.1) is 0 Å². The van der Waals surface area contributed by atoms with Crippen molar-refractivity contribution < 1.29 is 18.7 Å². The summed E-state index contributed by atoms with van der Waals surface area (Å²) in [5, 5.41) is 9.42. The van der Waals surface area contributed by atoms with Crippen LogP contribution < -0.4 is 0 Å². The lowest BCUT2D eigenvalue weighted by molar-refractivity contribution is 0.0370. The SMILES string of the molecule is CN(C)Cc1ccc(C(=O)N2CCN(Cc3ccoc3)[C@H](CCO)C2)o1. The van der Waals surface area contributed by atoms with Gasteiger partial charge in [-0.2, -0.15) is 0 Å². The fourth-order valence-electron chi connectivity index (χ4n) is 3.37. The van der Waals surface area contributed by atoms with Crippen LogP contribution in [0.3, 0.4) is 0 Å². The van der Waals surface area contributed by atoms with Crippen molar-refractivity contribution >= 4 is 5.91 Å². The molecule has 1 atom stereocenters. The van der Waals surface area contributed by atoms with Crippen LogP contribution in [0.15, 0.2) is 39.6 Å². The Morgan fingerprint density at radius 1 is 1.31 bits per heavy atom. The Labute approximate surface area is 153 Å². The molecule has 26 heavy (non-hydrogen) atoms. The molecule has 1 saturated heterocycles. The van der Waals surface area contributed by atoms with Crippen molar-refractivity contribution in [3.05, 3.63) is 47.8 Å². The first-order chi connectivity index (χ1) is 12.6. The van der Waals surface area contributed by atoms with Crippen LogP contribution in [0.1, 0.15) is 28.3 Å². The number of amides is 1. The first-order valence-electron chi connectivity index (χ1n) is 8.95. The molecular weight excluding hydrogens is 334 g/mol. The van der Waals surface area contributed by atoms with Crippen molar-refractivity contribution in [2.75, 3.05) is 40.3 Å². The molecule has 1 aliphatic heterocycles. The van der Waals surface area contributed by atoms with Gasteiger partial charge in [0.1, 0.15) is 5.76 Å². The van der Waals surface area contributed by atoms with Crippen molar-refractivity contribution in [3.8, 4) is 0 Å². The van der Waals surface area contributed by atoms with Crippen LogP contribution in [0.5, 0.6) is 0 Å². The maximum Gasteiger partial charge on any atom is 0.289 e. The van der Waals surface area contributed by atoms with E-state index < -0.39 is 0 Å². The molecule has 1 N–H and O–H groups in total. The Hall–Kier alpha value is -2.09. The second-order valence-electron chi connectivity index (χ2n) is 7.02. The summed E-state index contributed by atoms with van der Waals surface area (Å²) in [5.74, 6) is 1.08. The van der Waals surface area contributed by atoms with Crippen molar-refractivity contribution in [1.29, 1.82) is 0 Å². The van der Waals surface area contributed by atoms with E-state index in [0.29, 0.717) is 31.8 Å². The van der Waals surface area contributed by atoms with E-state index in [1.165, 1.54) is 0 Å². The van der Waals surface area contributed by atoms with Crippen molar-refractivity contribution in [2.45, 2.75) is 25.6 Å². The number of hydrogen-bond donors (Lipinski definition) is 1. The lowest BCUT2D eigenvalue weighted by Gasteiger charge is -2.41. The lowest BCUT2D eigenvalue weighted by Crippen LogP contribution is -2.54. The second kappa shape index (κ2) is 8.53. The maximum atomic E-state index is 12.8. The third-order valence-corrected chi connectivity index (χ3v) is 4.66. The first kappa shape index (κ1) is 18.7. The average molecular weight is 361 g/mol. The minimum Gasteiger partial charge on any atom is -0.472 e. The number of furan rings is 2.